The maximum atomic E-state index is 14.8. The average Bonchev–Trinajstić information content (AvgIpc) is 3.35. The summed E-state index contributed by atoms with van der Waals surface area (Å²) in [5.41, 5.74) is 3.15. The molecule has 1 aromatic carbocycles. The number of benzene rings is 1. The lowest BCUT2D eigenvalue weighted by Gasteiger charge is -2.22. The number of carbonyl (C=O) groups is 3. The first-order valence-electron chi connectivity index (χ1n) is 12.4. The lowest BCUT2D eigenvalue weighted by molar-refractivity contribution is -0.126. The van der Waals surface area contributed by atoms with Crippen LogP contribution in [0.4, 0.5) is 4.39 Å². The van der Waals surface area contributed by atoms with E-state index in [1.54, 1.807) is 6.07 Å². The fraction of sp³-hybridized carbons (Fsp3) is 0.370. The molecule has 10 heteroatoms. The molecule has 3 aromatic rings. The molecule has 0 radical (unpaired) electrons. The summed E-state index contributed by atoms with van der Waals surface area (Å²) in [7, 11) is 0. The summed E-state index contributed by atoms with van der Waals surface area (Å²) in [5, 5.41) is 6.82. The summed E-state index contributed by atoms with van der Waals surface area (Å²) in [4.78, 5) is 53.4. The predicted molar refractivity (Wildman–Crippen MR) is 131 cm³/mol. The molecule has 0 unspecified atom stereocenters. The fourth-order valence-corrected chi connectivity index (χ4v) is 5.07. The Hall–Kier alpha value is -4.08. The van der Waals surface area contributed by atoms with Crippen LogP contribution in [0.1, 0.15) is 62.4 Å². The summed E-state index contributed by atoms with van der Waals surface area (Å²) in [6.07, 6.45) is 6.83. The van der Waals surface area contributed by atoms with E-state index in [0.29, 0.717) is 25.9 Å². The van der Waals surface area contributed by atoms with Crippen molar-refractivity contribution in [2.45, 2.75) is 38.5 Å². The lowest BCUT2D eigenvalue weighted by Crippen LogP contribution is -2.40. The van der Waals surface area contributed by atoms with Crippen LogP contribution in [-0.2, 0) is 24.1 Å². The zero-order chi connectivity index (χ0) is 25.9. The van der Waals surface area contributed by atoms with E-state index in [1.165, 1.54) is 40.5 Å². The normalized spacial score (nSPS) is 15.7. The monoisotopic (exact) mass is 506 g/mol. The molecular formula is C27H27FN4O5. The van der Waals surface area contributed by atoms with E-state index in [2.05, 4.69) is 10.2 Å². The molecular weight excluding hydrogens is 479 g/mol. The van der Waals surface area contributed by atoms with Crippen molar-refractivity contribution in [3.63, 3.8) is 0 Å². The van der Waals surface area contributed by atoms with Gasteiger partial charge in [0, 0.05) is 38.2 Å². The summed E-state index contributed by atoms with van der Waals surface area (Å²) in [5.74, 6) is -2.41. The number of fused-ring (bicyclic) bond motifs is 1. The third kappa shape index (κ3) is 5.09. The molecule has 1 saturated heterocycles. The van der Waals surface area contributed by atoms with Crippen LogP contribution >= 0.6 is 0 Å². The number of furan rings is 1. The number of Topliss-reactive ketones (excluding diaryl/α,β-unsaturated/α-hetero) is 1. The van der Waals surface area contributed by atoms with Gasteiger partial charge in [-0.25, -0.2) is 9.49 Å². The van der Waals surface area contributed by atoms with Crippen molar-refractivity contribution < 1.29 is 23.2 Å². The first-order valence-corrected chi connectivity index (χ1v) is 12.4. The van der Waals surface area contributed by atoms with Gasteiger partial charge < -0.3 is 14.2 Å². The zero-order valence-corrected chi connectivity index (χ0v) is 20.3. The molecule has 1 fully saturated rings. The van der Waals surface area contributed by atoms with E-state index in [0.717, 1.165) is 48.1 Å². The van der Waals surface area contributed by atoms with Crippen LogP contribution in [0, 0.1) is 5.82 Å². The minimum atomic E-state index is -0.662. The topological polar surface area (TPSA) is 117 Å². The Kier molecular flexibility index (Phi) is 6.98. The van der Waals surface area contributed by atoms with Gasteiger partial charge in [0.05, 0.1) is 23.1 Å². The van der Waals surface area contributed by atoms with Crippen LogP contribution in [0.25, 0.3) is 0 Å². The van der Waals surface area contributed by atoms with Crippen molar-refractivity contribution in [1.82, 2.24) is 20.0 Å². The van der Waals surface area contributed by atoms with Crippen LogP contribution in [0.15, 0.2) is 46.0 Å². The second kappa shape index (κ2) is 10.5. The molecule has 0 saturated carbocycles. The van der Waals surface area contributed by atoms with Crippen LogP contribution in [0.5, 0.6) is 0 Å². The number of ketones is 1. The minimum absolute atomic E-state index is 0.0509. The molecule has 1 aliphatic heterocycles. The fourth-order valence-electron chi connectivity index (χ4n) is 5.07. The number of carbonyl (C=O) groups excluding carboxylic acids is 3. The molecule has 3 heterocycles. The number of hydrogen-bond donors (Lipinski definition) is 1. The number of nitrogens with zero attached hydrogens (tertiary/aromatic N) is 3. The van der Waals surface area contributed by atoms with Gasteiger partial charge in [0.2, 0.25) is 0 Å². The quantitative estimate of drug-likeness (QED) is 0.420. The second-order valence-corrected chi connectivity index (χ2v) is 9.43. The number of hydrogen-bond acceptors (Lipinski definition) is 6. The summed E-state index contributed by atoms with van der Waals surface area (Å²) in [6, 6.07) is 5.87. The highest BCUT2D eigenvalue weighted by molar-refractivity contribution is 6.42. The maximum absolute atomic E-state index is 14.8. The third-order valence-electron chi connectivity index (χ3n) is 7.06. The van der Waals surface area contributed by atoms with Crippen molar-refractivity contribution in [1.29, 1.82) is 0 Å². The molecule has 1 N–H and O–H groups in total. The number of amides is 2. The van der Waals surface area contributed by atoms with Gasteiger partial charge in [-0.3, -0.25) is 19.2 Å². The Bertz CT molecular complexity index is 1400. The number of rotatable bonds is 5. The second-order valence-electron chi connectivity index (χ2n) is 9.43. The molecule has 2 amide bonds. The lowest BCUT2D eigenvalue weighted by atomic mass is 9.90. The van der Waals surface area contributed by atoms with Gasteiger partial charge in [-0.2, -0.15) is 5.10 Å². The van der Waals surface area contributed by atoms with E-state index in [4.69, 9.17) is 4.42 Å². The van der Waals surface area contributed by atoms with Gasteiger partial charge in [-0.05, 0) is 61.4 Å². The van der Waals surface area contributed by atoms with Gasteiger partial charge in [-0.15, -0.1) is 0 Å². The summed E-state index contributed by atoms with van der Waals surface area (Å²) < 4.78 is 19.7. The van der Waals surface area contributed by atoms with E-state index >= 15 is 0 Å². The maximum Gasteiger partial charge on any atom is 0.295 e. The molecule has 0 spiro atoms. The molecule has 37 heavy (non-hydrogen) atoms. The van der Waals surface area contributed by atoms with Crippen molar-refractivity contribution in [2.24, 2.45) is 0 Å². The molecule has 2 aromatic heterocycles. The number of aromatic nitrogens is 2. The van der Waals surface area contributed by atoms with Crippen molar-refractivity contribution >= 4 is 17.6 Å². The predicted octanol–water partition coefficient (Wildman–Crippen LogP) is 2.53. The number of halogens is 1. The Labute approximate surface area is 212 Å². The van der Waals surface area contributed by atoms with Crippen molar-refractivity contribution in [3.05, 3.63) is 86.5 Å². The van der Waals surface area contributed by atoms with Gasteiger partial charge in [0.15, 0.2) is 0 Å². The van der Waals surface area contributed by atoms with Crippen molar-refractivity contribution in [2.75, 3.05) is 26.2 Å². The Balaban J connectivity index is 1.30. The summed E-state index contributed by atoms with van der Waals surface area (Å²) in [6.45, 7) is 1.00. The summed E-state index contributed by atoms with van der Waals surface area (Å²) >= 11 is 0. The van der Waals surface area contributed by atoms with Gasteiger partial charge in [-0.1, -0.05) is 6.07 Å². The molecule has 192 valence electrons. The zero-order valence-electron chi connectivity index (χ0n) is 20.3. The smallest absolute Gasteiger partial charge is 0.295 e. The van der Waals surface area contributed by atoms with E-state index in [-0.39, 0.29) is 29.8 Å². The highest BCUT2D eigenvalue weighted by atomic mass is 19.1. The van der Waals surface area contributed by atoms with E-state index in [9.17, 15) is 23.6 Å². The van der Waals surface area contributed by atoms with Crippen LogP contribution in [-0.4, -0.2) is 63.8 Å². The van der Waals surface area contributed by atoms with Crippen LogP contribution in [0.2, 0.25) is 0 Å². The largest absolute Gasteiger partial charge is 0.472 e. The molecule has 0 atom stereocenters. The SMILES string of the molecule is O=C(C(=O)N1CCCN(C(=O)c2cc(Cc3n[nH]c(=O)c4c3CCCC4)ccc2F)CC1)c1ccoc1. The minimum Gasteiger partial charge on any atom is -0.472 e. The number of nitrogens with one attached hydrogen (secondary N) is 1. The first kappa shape index (κ1) is 24.6. The highest BCUT2D eigenvalue weighted by Crippen LogP contribution is 2.23. The van der Waals surface area contributed by atoms with Crippen molar-refractivity contribution in [3.8, 4) is 0 Å². The molecule has 1 aliphatic carbocycles. The Morgan fingerprint density at radius 1 is 0.973 bits per heavy atom. The molecule has 9 nitrogen and oxygen atoms in total. The standard InChI is InChI=1S/C27H27FN4O5/c28-22-7-6-17(15-23-19-4-1-2-5-20(19)25(34)30-29-23)14-21(22)26(35)31-9-3-10-32(12-11-31)27(36)24(33)18-8-13-37-16-18/h6-8,13-14,16H,1-5,9-12,15H2,(H,30,34). The first-order chi connectivity index (χ1) is 17.9. The van der Waals surface area contributed by atoms with Crippen LogP contribution < -0.4 is 5.56 Å². The third-order valence-corrected chi connectivity index (χ3v) is 7.06. The van der Waals surface area contributed by atoms with E-state index in [1.807, 2.05) is 0 Å². The van der Waals surface area contributed by atoms with E-state index < -0.39 is 23.4 Å². The number of H-pyrrole nitrogens is 1. The van der Waals surface area contributed by atoms with Gasteiger partial charge in [0.25, 0.3) is 23.2 Å². The van der Waals surface area contributed by atoms with Crippen LogP contribution in [0.3, 0.4) is 0 Å². The average molecular weight is 507 g/mol. The Morgan fingerprint density at radius 2 is 1.73 bits per heavy atom. The molecule has 5 rings (SSSR count). The Morgan fingerprint density at radius 3 is 2.51 bits per heavy atom. The van der Waals surface area contributed by atoms with Gasteiger partial charge >= 0.3 is 0 Å². The molecule has 0 bridgehead atoms. The highest BCUT2D eigenvalue weighted by Gasteiger charge is 2.28. The molecule has 2 aliphatic rings. The van der Waals surface area contributed by atoms with Gasteiger partial charge in [0.1, 0.15) is 12.1 Å². The number of aromatic amines is 1.